The first-order valence-electron chi connectivity index (χ1n) is 8.54. The second-order valence-electron chi connectivity index (χ2n) is 6.38. The number of ether oxygens (including phenoxy) is 1. The smallest absolute Gasteiger partial charge is 0.305 e. The van der Waals surface area contributed by atoms with E-state index in [2.05, 4.69) is 10.6 Å². The van der Waals surface area contributed by atoms with Crippen molar-refractivity contribution in [2.45, 2.75) is 37.6 Å². The predicted molar refractivity (Wildman–Crippen MR) is 96.2 cm³/mol. The first-order chi connectivity index (χ1) is 12.4. The van der Waals surface area contributed by atoms with Gasteiger partial charge in [0.25, 0.3) is 5.91 Å². The van der Waals surface area contributed by atoms with Crippen LogP contribution in [-0.2, 0) is 14.3 Å². The molecule has 0 saturated carbocycles. The third kappa shape index (κ3) is 6.31. The average Bonchev–Trinajstić information content (AvgIpc) is 2.59. The van der Waals surface area contributed by atoms with Crippen molar-refractivity contribution < 1.29 is 24.2 Å². The van der Waals surface area contributed by atoms with Crippen molar-refractivity contribution in [1.82, 2.24) is 10.6 Å². The van der Waals surface area contributed by atoms with Crippen molar-refractivity contribution in [3.8, 4) is 0 Å². The number of carbonyl (C=O) groups is 3. The molecule has 1 aromatic carbocycles. The molecule has 0 radical (unpaired) electrons. The van der Waals surface area contributed by atoms with Crippen LogP contribution in [0.1, 0.15) is 42.5 Å². The van der Waals surface area contributed by atoms with Gasteiger partial charge >= 0.3 is 5.97 Å². The van der Waals surface area contributed by atoms with Gasteiger partial charge in [0.2, 0.25) is 5.91 Å². The van der Waals surface area contributed by atoms with Gasteiger partial charge in [0.1, 0.15) is 0 Å². The van der Waals surface area contributed by atoms with Crippen molar-refractivity contribution >= 4 is 29.4 Å². The fourth-order valence-corrected chi connectivity index (χ4v) is 3.04. The molecule has 0 unspecified atom stereocenters. The lowest BCUT2D eigenvalue weighted by molar-refractivity contribution is -0.140. The van der Waals surface area contributed by atoms with E-state index in [1.807, 2.05) is 0 Å². The molecule has 1 saturated heterocycles. The Morgan fingerprint density at radius 3 is 2.42 bits per heavy atom. The fraction of sp³-hybridized carbons (Fsp3) is 0.500. The second-order valence-corrected chi connectivity index (χ2v) is 6.81. The van der Waals surface area contributed by atoms with E-state index >= 15 is 0 Å². The minimum Gasteiger partial charge on any atom is -0.481 e. The van der Waals surface area contributed by atoms with Crippen molar-refractivity contribution in [2.75, 3.05) is 19.8 Å². The van der Waals surface area contributed by atoms with Crippen LogP contribution < -0.4 is 10.6 Å². The number of aliphatic carboxylic acids is 1. The molecule has 0 aromatic heterocycles. The third-order valence-corrected chi connectivity index (χ3v) is 4.57. The lowest BCUT2D eigenvalue weighted by Crippen LogP contribution is -2.53. The van der Waals surface area contributed by atoms with Gasteiger partial charge in [0, 0.05) is 36.8 Å². The number of halogens is 1. The van der Waals surface area contributed by atoms with Crippen LogP contribution in [0, 0.1) is 0 Å². The molecule has 1 aliphatic rings. The minimum absolute atomic E-state index is 0.116. The molecular weight excluding hydrogens is 360 g/mol. The Bertz CT molecular complexity index is 641. The van der Waals surface area contributed by atoms with E-state index in [4.69, 9.17) is 21.4 Å². The number of nitrogens with one attached hydrogen (secondary N) is 2. The van der Waals surface area contributed by atoms with Crippen LogP contribution in [0.15, 0.2) is 24.3 Å². The monoisotopic (exact) mass is 382 g/mol. The number of carboxylic acids is 1. The van der Waals surface area contributed by atoms with Gasteiger partial charge < -0.3 is 20.5 Å². The normalized spacial score (nSPS) is 15.9. The molecule has 0 bridgehead atoms. The summed E-state index contributed by atoms with van der Waals surface area (Å²) in [7, 11) is 0. The fourth-order valence-electron chi connectivity index (χ4n) is 2.91. The van der Waals surface area contributed by atoms with Gasteiger partial charge in [-0.15, -0.1) is 0 Å². The Labute approximate surface area is 157 Å². The zero-order valence-electron chi connectivity index (χ0n) is 14.4. The molecule has 7 nitrogen and oxygen atoms in total. The highest BCUT2D eigenvalue weighted by molar-refractivity contribution is 6.30. The Balaban J connectivity index is 1.74. The molecular formula is C18H23ClN2O5. The molecule has 1 aliphatic heterocycles. The van der Waals surface area contributed by atoms with Gasteiger partial charge in [-0.3, -0.25) is 14.4 Å². The van der Waals surface area contributed by atoms with E-state index in [9.17, 15) is 14.4 Å². The zero-order chi connectivity index (χ0) is 19.0. The van der Waals surface area contributed by atoms with E-state index in [0.29, 0.717) is 49.6 Å². The van der Waals surface area contributed by atoms with Gasteiger partial charge in [-0.05, 0) is 43.5 Å². The summed E-state index contributed by atoms with van der Waals surface area (Å²) in [6.45, 7) is 1.22. The van der Waals surface area contributed by atoms with Crippen molar-refractivity contribution in [3.05, 3.63) is 34.9 Å². The molecule has 1 heterocycles. The number of benzene rings is 1. The highest BCUT2D eigenvalue weighted by Crippen LogP contribution is 2.24. The Hall–Kier alpha value is -2.12. The van der Waals surface area contributed by atoms with Gasteiger partial charge in [-0.1, -0.05) is 11.6 Å². The maximum Gasteiger partial charge on any atom is 0.305 e. The van der Waals surface area contributed by atoms with E-state index in [0.717, 1.165) is 0 Å². The topological polar surface area (TPSA) is 105 Å². The maximum atomic E-state index is 12.2. The van der Waals surface area contributed by atoms with E-state index in [1.165, 1.54) is 0 Å². The van der Waals surface area contributed by atoms with Crippen LogP contribution in [0.25, 0.3) is 0 Å². The first-order valence-corrected chi connectivity index (χ1v) is 8.92. The number of carboxylic acid groups (broad SMARTS) is 1. The van der Waals surface area contributed by atoms with Crippen LogP contribution in [0.4, 0.5) is 0 Å². The SMILES string of the molecule is O=C(O)CC1(NC(=O)CCCNC(=O)c2ccc(Cl)cc2)CCOCC1. The average molecular weight is 383 g/mol. The minimum atomic E-state index is -0.942. The summed E-state index contributed by atoms with van der Waals surface area (Å²) in [6, 6.07) is 6.54. The molecule has 8 heteroatoms. The van der Waals surface area contributed by atoms with Crippen LogP contribution >= 0.6 is 11.6 Å². The molecule has 0 spiro atoms. The molecule has 0 atom stereocenters. The molecule has 0 aliphatic carbocycles. The summed E-state index contributed by atoms with van der Waals surface area (Å²) in [5.74, 6) is -1.38. The first kappa shape index (κ1) is 20.2. The Morgan fingerprint density at radius 1 is 1.15 bits per heavy atom. The van der Waals surface area contributed by atoms with Gasteiger partial charge in [0.15, 0.2) is 0 Å². The van der Waals surface area contributed by atoms with Crippen molar-refractivity contribution in [2.24, 2.45) is 0 Å². The number of hydrogen-bond acceptors (Lipinski definition) is 4. The summed E-state index contributed by atoms with van der Waals surface area (Å²) in [4.78, 5) is 35.2. The lowest BCUT2D eigenvalue weighted by Gasteiger charge is -2.36. The van der Waals surface area contributed by atoms with Crippen LogP contribution in [0.2, 0.25) is 5.02 Å². The largest absolute Gasteiger partial charge is 0.481 e. The van der Waals surface area contributed by atoms with Crippen molar-refractivity contribution in [3.63, 3.8) is 0 Å². The molecule has 1 fully saturated rings. The quantitative estimate of drug-likeness (QED) is 0.596. The van der Waals surface area contributed by atoms with Gasteiger partial charge in [0.05, 0.1) is 12.0 Å². The van der Waals surface area contributed by atoms with Gasteiger partial charge in [-0.2, -0.15) is 0 Å². The van der Waals surface area contributed by atoms with Gasteiger partial charge in [-0.25, -0.2) is 0 Å². The molecule has 142 valence electrons. The second kappa shape index (κ2) is 9.54. The third-order valence-electron chi connectivity index (χ3n) is 4.32. The summed E-state index contributed by atoms with van der Waals surface area (Å²) >= 11 is 5.78. The molecule has 1 aromatic rings. The summed E-state index contributed by atoms with van der Waals surface area (Å²) < 4.78 is 5.26. The Morgan fingerprint density at radius 2 is 1.81 bits per heavy atom. The number of amides is 2. The molecule has 26 heavy (non-hydrogen) atoms. The van der Waals surface area contributed by atoms with Crippen molar-refractivity contribution in [1.29, 1.82) is 0 Å². The van der Waals surface area contributed by atoms with Crippen LogP contribution in [0.3, 0.4) is 0 Å². The number of carbonyl (C=O) groups excluding carboxylic acids is 2. The standard InChI is InChI=1S/C18H23ClN2O5/c19-14-5-3-13(4-6-14)17(25)20-9-1-2-15(22)21-18(12-16(23)24)7-10-26-11-8-18/h3-6H,1-2,7-12H2,(H,20,25)(H,21,22)(H,23,24). The van der Waals surface area contributed by atoms with E-state index < -0.39 is 11.5 Å². The Kier molecular flexibility index (Phi) is 7.41. The highest BCUT2D eigenvalue weighted by Gasteiger charge is 2.36. The van der Waals surface area contributed by atoms with Crippen LogP contribution in [0.5, 0.6) is 0 Å². The van der Waals surface area contributed by atoms with Crippen LogP contribution in [-0.4, -0.2) is 48.2 Å². The van der Waals surface area contributed by atoms with E-state index in [-0.39, 0.29) is 24.7 Å². The maximum absolute atomic E-state index is 12.2. The summed E-state index contributed by atoms with van der Waals surface area (Å²) in [5.41, 5.74) is -0.241. The summed E-state index contributed by atoms with van der Waals surface area (Å²) in [6.07, 6.45) is 1.53. The summed E-state index contributed by atoms with van der Waals surface area (Å²) in [5, 5.41) is 15.3. The lowest BCUT2D eigenvalue weighted by atomic mass is 9.86. The van der Waals surface area contributed by atoms with E-state index in [1.54, 1.807) is 24.3 Å². The number of rotatable bonds is 8. The predicted octanol–water partition coefficient (Wildman–Crippen LogP) is 1.99. The molecule has 2 rings (SSSR count). The molecule has 2 amide bonds. The number of hydrogen-bond donors (Lipinski definition) is 3. The zero-order valence-corrected chi connectivity index (χ0v) is 15.2. The molecule has 3 N–H and O–H groups in total. The highest BCUT2D eigenvalue weighted by atomic mass is 35.5.